The molecule has 0 atom stereocenters. The van der Waals surface area contributed by atoms with Crippen molar-refractivity contribution in [3.63, 3.8) is 0 Å². The van der Waals surface area contributed by atoms with Crippen LogP contribution in [-0.4, -0.2) is 20.9 Å². The van der Waals surface area contributed by atoms with Crippen molar-refractivity contribution < 1.29 is 4.79 Å². The number of thiazole rings is 2. The minimum atomic E-state index is -0.217. The van der Waals surface area contributed by atoms with Gasteiger partial charge in [-0.2, -0.15) is 0 Å². The van der Waals surface area contributed by atoms with Crippen LogP contribution < -0.4 is 5.32 Å². The number of benzene rings is 2. The maximum atomic E-state index is 13.2. The summed E-state index contributed by atoms with van der Waals surface area (Å²) in [5, 5.41) is 6.20. The number of pyridine rings is 1. The molecule has 0 radical (unpaired) electrons. The van der Waals surface area contributed by atoms with E-state index in [0.717, 1.165) is 27.4 Å². The molecule has 5 aromatic rings. The minimum Gasteiger partial charge on any atom is -0.297 e. The second-order valence-electron chi connectivity index (χ2n) is 6.66. The topological polar surface area (TPSA) is 67.8 Å². The number of hydrogen-bond acceptors (Lipinski definition) is 6. The summed E-state index contributed by atoms with van der Waals surface area (Å²) in [7, 11) is 0. The second kappa shape index (κ2) is 8.59. The predicted molar refractivity (Wildman–Crippen MR) is 126 cm³/mol. The Bertz CT molecular complexity index is 1320. The van der Waals surface area contributed by atoms with Crippen molar-refractivity contribution >= 4 is 33.7 Å². The highest BCUT2D eigenvalue weighted by atomic mass is 32.1. The van der Waals surface area contributed by atoms with Crippen LogP contribution in [0.2, 0.25) is 0 Å². The van der Waals surface area contributed by atoms with Gasteiger partial charge in [-0.15, -0.1) is 22.7 Å². The smallest absolute Gasteiger partial charge is 0.269 e. The molecular formula is C24H16N4OS2. The van der Waals surface area contributed by atoms with Crippen LogP contribution in [0.5, 0.6) is 0 Å². The van der Waals surface area contributed by atoms with Crippen LogP contribution in [0, 0.1) is 0 Å². The standard InChI is InChI=1S/C24H16N4OS2/c29-22(28-24-26-19(15-30-24)18-12-7-13-25-14-18)21-20(16-8-3-1-4-9-16)27-23(31-21)17-10-5-2-6-11-17/h1-15H,(H,26,28,29). The Morgan fingerprint density at radius 2 is 1.52 bits per heavy atom. The maximum absolute atomic E-state index is 13.2. The van der Waals surface area contributed by atoms with Crippen LogP contribution in [0.3, 0.4) is 0 Å². The zero-order valence-electron chi connectivity index (χ0n) is 16.2. The van der Waals surface area contributed by atoms with Crippen molar-refractivity contribution in [2.45, 2.75) is 0 Å². The molecule has 0 unspecified atom stereocenters. The first-order valence-electron chi connectivity index (χ1n) is 9.57. The number of rotatable bonds is 5. The average molecular weight is 441 g/mol. The summed E-state index contributed by atoms with van der Waals surface area (Å²) in [6.07, 6.45) is 3.47. The lowest BCUT2D eigenvalue weighted by Gasteiger charge is -2.02. The monoisotopic (exact) mass is 440 g/mol. The SMILES string of the molecule is O=C(Nc1nc(-c2cccnc2)cs1)c1sc(-c2ccccc2)nc1-c1ccccc1. The van der Waals surface area contributed by atoms with Gasteiger partial charge in [0, 0.05) is 34.5 Å². The van der Waals surface area contributed by atoms with Crippen molar-refractivity contribution in [2.24, 2.45) is 0 Å². The second-order valence-corrected chi connectivity index (χ2v) is 8.52. The van der Waals surface area contributed by atoms with Gasteiger partial charge in [-0.3, -0.25) is 15.1 Å². The lowest BCUT2D eigenvalue weighted by atomic mass is 10.1. The number of carbonyl (C=O) groups is 1. The molecule has 0 aliphatic rings. The molecule has 5 rings (SSSR count). The maximum Gasteiger partial charge on any atom is 0.269 e. The number of anilines is 1. The van der Waals surface area contributed by atoms with Gasteiger partial charge in [-0.25, -0.2) is 9.97 Å². The number of nitrogens with zero attached hydrogens (tertiary/aromatic N) is 3. The highest BCUT2D eigenvalue weighted by molar-refractivity contribution is 7.18. The molecule has 2 aromatic carbocycles. The number of amides is 1. The van der Waals surface area contributed by atoms with Crippen molar-refractivity contribution in [1.29, 1.82) is 0 Å². The van der Waals surface area contributed by atoms with Gasteiger partial charge < -0.3 is 0 Å². The molecule has 0 saturated carbocycles. The average Bonchev–Trinajstić information content (AvgIpc) is 3.49. The van der Waals surface area contributed by atoms with Gasteiger partial charge in [0.05, 0.1) is 11.4 Å². The van der Waals surface area contributed by atoms with Gasteiger partial charge in [-0.1, -0.05) is 60.7 Å². The van der Waals surface area contributed by atoms with E-state index >= 15 is 0 Å². The zero-order valence-corrected chi connectivity index (χ0v) is 17.9. The summed E-state index contributed by atoms with van der Waals surface area (Å²) < 4.78 is 0. The number of hydrogen-bond donors (Lipinski definition) is 1. The number of aromatic nitrogens is 3. The van der Waals surface area contributed by atoms with Crippen molar-refractivity contribution in [3.8, 4) is 33.1 Å². The zero-order chi connectivity index (χ0) is 21.0. The molecule has 0 saturated heterocycles. The highest BCUT2D eigenvalue weighted by Gasteiger charge is 2.21. The first-order chi connectivity index (χ1) is 15.3. The molecule has 5 nitrogen and oxygen atoms in total. The molecule has 0 aliphatic heterocycles. The molecule has 0 aliphatic carbocycles. The van der Waals surface area contributed by atoms with Crippen LogP contribution in [0.15, 0.2) is 90.6 Å². The predicted octanol–water partition coefficient (Wildman–Crippen LogP) is 6.25. The lowest BCUT2D eigenvalue weighted by Crippen LogP contribution is -2.11. The van der Waals surface area contributed by atoms with E-state index in [-0.39, 0.29) is 5.91 Å². The van der Waals surface area contributed by atoms with E-state index in [0.29, 0.717) is 15.7 Å². The molecule has 0 bridgehead atoms. The van der Waals surface area contributed by atoms with Crippen molar-refractivity contribution in [3.05, 3.63) is 95.4 Å². The fourth-order valence-corrected chi connectivity index (χ4v) is 4.80. The lowest BCUT2D eigenvalue weighted by molar-refractivity contribution is 0.103. The summed E-state index contributed by atoms with van der Waals surface area (Å²) in [6, 6.07) is 23.5. The molecule has 3 aromatic heterocycles. The van der Waals surface area contributed by atoms with Crippen LogP contribution in [0.4, 0.5) is 5.13 Å². The molecule has 7 heteroatoms. The van der Waals surface area contributed by atoms with E-state index in [4.69, 9.17) is 4.98 Å². The Labute approximate surface area is 187 Å². The van der Waals surface area contributed by atoms with Gasteiger partial charge in [0.2, 0.25) is 0 Å². The third kappa shape index (κ3) is 4.14. The van der Waals surface area contributed by atoms with Crippen LogP contribution in [0.1, 0.15) is 9.67 Å². The van der Waals surface area contributed by atoms with E-state index in [1.807, 2.05) is 78.2 Å². The molecule has 0 spiro atoms. The molecule has 31 heavy (non-hydrogen) atoms. The summed E-state index contributed by atoms with van der Waals surface area (Å²) in [5.74, 6) is -0.217. The van der Waals surface area contributed by atoms with Gasteiger partial charge >= 0.3 is 0 Å². The Kier molecular flexibility index (Phi) is 5.35. The Hall–Kier alpha value is -3.68. The highest BCUT2D eigenvalue weighted by Crippen LogP contribution is 2.35. The quantitative estimate of drug-likeness (QED) is 0.351. The molecule has 1 N–H and O–H groups in total. The first kappa shape index (κ1) is 19.3. The third-order valence-corrected chi connectivity index (χ3v) is 6.44. The molecule has 3 heterocycles. The first-order valence-corrected chi connectivity index (χ1v) is 11.3. The third-order valence-electron chi connectivity index (χ3n) is 4.58. The molecular weight excluding hydrogens is 424 g/mol. The summed E-state index contributed by atoms with van der Waals surface area (Å²) in [6.45, 7) is 0. The summed E-state index contributed by atoms with van der Waals surface area (Å²) in [5.41, 5.74) is 4.25. The van der Waals surface area contributed by atoms with Gasteiger partial charge in [0.25, 0.3) is 5.91 Å². The van der Waals surface area contributed by atoms with Gasteiger partial charge in [-0.05, 0) is 12.1 Å². The number of carbonyl (C=O) groups excluding carboxylic acids is 1. The Balaban J connectivity index is 1.48. The van der Waals surface area contributed by atoms with Gasteiger partial charge in [0.1, 0.15) is 9.88 Å². The normalized spacial score (nSPS) is 10.7. The van der Waals surface area contributed by atoms with Crippen molar-refractivity contribution in [1.82, 2.24) is 15.0 Å². The van der Waals surface area contributed by atoms with E-state index in [1.165, 1.54) is 22.7 Å². The van der Waals surface area contributed by atoms with Crippen LogP contribution in [0.25, 0.3) is 33.1 Å². The van der Waals surface area contributed by atoms with E-state index < -0.39 is 0 Å². The van der Waals surface area contributed by atoms with Crippen molar-refractivity contribution in [2.75, 3.05) is 5.32 Å². The van der Waals surface area contributed by atoms with E-state index in [1.54, 1.807) is 12.4 Å². The largest absolute Gasteiger partial charge is 0.297 e. The van der Waals surface area contributed by atoms with Crippen LogP contribution >= 0.6 is 22.7 Å². The Morgan fingerprint density at radius 3 is 2.23 bits per heavy atom. The Morgan fingerprint density at radius 1 is 0.806 bits per heavy atom. The summed E-state index contributed by atoms with van der Waals surface area (Å²) >= 11 is 2.77. The minimum absolute atomic E-state index is 0.217. The molecule has 1 amide bonds. The fraction of sp³-hybridized carbons (Fsp3) is 0. The molecule has 0 fully saturated rings. The van der Waals surface area contributed by atoms with Gasteiger partial charge in [0.15, 0.2) is 5.13 Å². The van der Waals surface area contributed by atoms with E-state index in [9.17, 15) is 4.79 Å². The van der Waals surface area contributed by atoms with Crippen LogP contribution in [-0.2, 0) is 0 Å². The fourth-order valence-electron chi connectivity index (χ4n) is 3.10. The van der Waals surface area contributed by atoms with E-state index in [2.05, 4.69) is 15.3 Å². The summed E-state index contributed by atoms with van der Waals surface area (Å²) in [4.78, 5) is 27.2. The molecule has 150 valence electrons. The number of nitrogens with one attached hydrogen (secondary N) is 1.